The highest BCUT2D eigenvalue weighted by molar-refractivity contribution is 5.02. The van der Waals surface area contributed by atoms with E-state index in [1.54, 1.807) is 6.33 Å². The first kappa shape index (κ1) is 7.73. The summed E-state index contributed by atoms with van der Waals surface area (Å²) < 4.78 is 1.83. The minimum atomic E-state index is 0.152. The van der Waals surface area contributed by atoms with E-state index < -0.39 is 0 Å². The van der Waals surface area contributed by atoms with E-state index >= 15 is 0 Å². The summed E-state index contributed by atoms with van der Waals surface area (Å²) in [5.74, 6) is 1.63. The van der Waals surface area contributed by atoms with Crippen LogP contribution in [0.2, 0.25) is 0 Å². The molecular formula is C8H14N4. The fraction of sp³-hybridized carbons (Fsp3) is 0.750. The Balaban J connectivity index is 2.03. The lowest BCUT2D eigenvalue weighted by atomic mass is 10.4. The van der Waals surface area contributed by atoms with Gasteiger partial charge in [0.05, 0.1) is 6.54 Å². The second-order valence-electron chi connectivity index (χ2n) is 3.58. The van der Waals surface area contributed by atoms with Crippen LogP contribution >= 0.6 is 0 Å². The van der Waals surface area contributed by atoms with Gasteiger partial charge >= 0.3 is 0 Å². The van der Waals surface area contributed by atoms with Gasteiger partial charge in [0.25, 0.3) is 0 Å². The van der Waals surface area contributed by atoms with E-state index in [2.05, 4.69) is 10.1 Å². The van der Waals surface area contributed by atoms with Crippen LogP contribution in [-0.2, 0) is 6.54 Å². The van der Waals surface area contributed by atoms with E-state index in [1.807, 2.05) is 11.6 Å². The summed E-state index contributed by atoms with van der Waals surface area (Å²) in [6.45, 7) is 2.73. The molecule has 0 saturated heterocycles. The third-order valence-electron chi connectivity index (χ3n) is 1.97. The molecule has 0 aliphatic heterocycles. The molecule has 4 nitrogen and oxygen atoms in total. The average Bonchev–Trinajstić information content (AvgIpc) is 2.73. The fourth-order valence-corrected chi connectivity index (χ4v) is 1.22. The van der Waals surface area contributed by atoms with Gasteiger partial charge < -0.3 is 5.73 Å². The molecule has 2 N–H and O–H groups in total. The minimum Gasteiger partial charge on any atom is -0.326 e. The summed E-state index contributed by atoms with van der Waals surface area (Å²) >= 11 is 0. The van der Waals surface area contributed by atoms with E-state index in [0.717, 1.165) is 12.4 Å². The maximum Gasteiger partial charge on any atom is 0.153 e. The molecule has 1 saturated carbocycles. The van der Waals surface area contributed by atoms with E-state index in [9.17, 15) is 0 Å². The summed E-state index contributed by atoms with van der Waals surface area (Å²) in [6, 6.07) is 0.152. The van der Waals surface area contributed by atoms with E-state index in [1.165, 1.54) is 12.8 Å². The molecule has 12 heavy (non-hydrogen) atoms. The van der Waals surface area contributed by atoms with Crippen molar-refractivity contribution in [2.45, 2.75) is 38.3 Å². The van der Waals surface area contributed by atoms with Crippen molar-refractivity contribution in [3.8, 4) is 0 Å². The van der Waals surface area contributed by atoms with Crippen molar-refractivity contribution < 1.29 is 0 Å². The Kier molecular flexibility index (Phi) is 1.84. The van der Waals surface area contributed by atoms with Crippen LogP contribution in [-0.4, -0.2) is 20.8 Å². The van der Waals surface area contributed by atoms with E-state index in [-0.39, 0.29) is 6.04 Å². The van der Waals surface area contributed by atoms with Gasteiger partial charge in [0.2, 0.25) is 0 Å². The number of aromatic nitrogens is 3. The van der Waals surface area contributed by atoms with Crippen LogP contribution in [0.3, 0.4) is 0 Å². The lowest BCUT2D eigenvalue weighted by Gasteiger charge is -2.02. The van der Waals surface area contributed by atoms with Crippen molar-refractivity contribution in [1.82, 2.24) is 14.8 Å². The third kappa shape index (κ3) is 1.64. The van der Waals surface area contributed by atoms with Crippen LogP contribution in [0.1, 0.15) is 31.5 Å². The molecule has 1 fully saturated rings. The maximum absolute atomic E-state index is 5.64. The number of hydrogen-bond donors (Lipinski definition) is 1. The molecule has 1 unspecified atom stereocenters. The molecule has 1 aromatic rings. The number of nitrogens with two attached hydrogens (primary N) is 1. The highest BCUT2D eigenvalue weighted by Gasteiger charge is 2.27. The van der Waals surface area contributed by atoms with Crippen molar-refractivity contribution in [3.05, 3.63) is 12.2 Å². The molecule has 66 valence electrons. The molecule has 2 rings (SSSR count). The van der Waals surface area contributed by atoms with Gasteiger partial charge in [0, 0.05) is 12.0 Å². The first-order valence-electron chi connectivity index (χ1n) is 4.40. The highest BCUT2D eigenvalue weighted by atomic mass is 15.3. The van der Waals surface area contributed by atoms with Crippen LogP contribution in [0.4, 0.5) is 0 Å². The van der Waals surface area contributed by atoms with E-state index in [0.29, 0.717) is 5.92 Å². The monoisotopic (exact) mass is 166 g/mol. The summed E-state index contributed by atoms with van der Waals surface area (Å²) in [4.78, 5) is 4.23. The lowest BCUT2D eigenvalue weighted by Crippen LogP contribution is -2.22. The summed E-state index contributed by atoms with van der Waals surface area (Å²) in [7, 11) is 0. The van der Waals surface area contributed by atoms with Gasteiger partial charge in [-0.05, 0) is 19.8 Å². The fourth-order valence-electron chi connectivity index (χ4n) is 1.22. The number of hydrogen-bond acceptors (Lipinski definition) is 3. The van der Waals surface area contributed by atoms with Gasteiger partial charge in [-0.3, -0.25) is 4.68 Å². The molecule has 1 heterocycles. The molecule has 0 aromatic carbocycles. The Morgan fingerprint density at radius 2 is 2.50 bits per heavy atom. The Morgan fingerprint density at radius 1 is 1.75 bits per heavy atom. The second kappa shape index (κ2) is 2.86. The molecule has 1 atom stereocenters. The largest absolute Gasteiger partial charge is 0.326 e. The van der Waals surface area contributed by atoms with Gasteiger partial charge in [-0.25, -0.2) is 4.98 Å². The molecule has 0 bridgehead atoms. The number of nitrogens with zero attached hydrogens (tertiary/aromatic N) is 3. The predicted octanol–water partition coefficient (Wildman–Crippen LogP) is 0.503. The third-order valence-corrected chi connectivity index (χ3v) is 1.97. The molecule has 0 radical (unpaired) electrons. The smallest absolute Gasteiger partial charge is 0.153 e. The SMILES string of the molecule is CC(N)Cn1cnc(C2CC2)n1. The second-order valence-corrected chi connectivity index (χ2v) is 3.58. The Bertz CT molecular complexity index is 262. The molecule has 0 amide bonds. The van der Waals surface area contributed by atoms with Crippen LogP contribution in [0.25, 0.3) is 0 Å². The first-order valence-corrected chi connectivity index (χ1v) is 4.40. The van der Waals surface area contributed by atoms with Crippen molar-refractivity contribution in [2.24, 2.45) is 5.73 Å². The minimum absolute atomic E-state index is 0.152. The normalized spacial score (nSPS) is 19.5. The molecule has 4 heteroatoms. The molecule has 1 aliphatic carbocycles. The van der Waals surface area contributed by atoms with Crippen LogP contribution in [0.5, 0.6) is 0 Å². The Labute approximate surface area is 71.8 Å². The molecule has 1 aliphatic rings. The summed E-state index contributed by atoms with van der Waals surface area (Å²) in [5, 5.41) is 4.34. The van der Waals surface area contributed by atoms with Gasteiger partial charge in [-0.1, -0.05) is 0 Å². The Hall–Kier alpha value is -0.900. The standard InChI is InChI=1S/C8H14N4/c1-6(9)4-12-5-10-8(11-12)7-2-3-7/h5-7H,2-4,9H2,1H3. The van der Waals surface area contributed by atoms with Gasteiger partial charge in [0.15, 0.2) is 5.82 Å². The van der Waals surface area contributed by atoms with Gasteiger partial charge in [0.1, 0.15) is 6.33 Å². The van der Waals surface area contributed by atoms with Crippen LogP contribution < -0.4 is 5.73 Å². The maximum atomic E-state index is 5.64. The van der Waals surface area contributed by atoms with Gasteiger partial charge in [-0.2, -0.15) is 5.10 Å². The zero-order valence-corrected chi connectivity index (χ0v) is 7.27. The van der Waals surface area contributed by atoms with Crippen LogP contribution in [0, 0.1) is 0 Å². The molecular weight excluding hydrogens is 152 g/mol. The first-order chi connectivity index (χ1) is 5.75. The summed E-state index contributed by atoms with van der Waals surface area (Å²) in [5.41, 5.74) is 5.64. The highest BCUT2D eigenvalue weighted by Crippen LogP contribution is 2.37. The Morgan fingerprint density at radius 3 is 3.08 bits per heavy atom. The van der Waals surface area contributed by atoms with E-state index in [4.69, 9.17) is 5.73 Å². The quantitative estimate of drug-likeness (QED) is 0.711. The zero-order chi connectivity index (χ0) is 8.55. The van der Waals surface area contributed by atoms with Crippen molar-refractivity contribution in [1.29, 1.82) is 0 Å². The van der Waals surface area contributed by atoms with Crippen molar-refractivity contribution in [2.75, 3.05) is 0 Å². The topological polar surface area (TPSA) is 56.7 Å². The predicted molar refractivity (Wildman–Crippen MR) is 45.6 cm³/mol. The zero-order valence-electron chi connectivity index (χ0n) is 7.27. The number of rotatable bonds is 3. The molecule has 0 spiro atoms. The lowest BCUT2D eigenvalue weighted by molar-refractivity contribution is 0.533. The van der Waals surface area contributed by atoms with Crippen molar-refractivity contribution >= 4 is 0 Å². The summed E-state index contributed by atoms with van der Waals surface area (Å²) in [6.07, 6.45) is 4.28. The van der Waals surface area contributed by atoms with Crippen molar-refractivity contribution in [3.63, 3.8) is 0 Å². The van der Waals surface area contributed by atoms with Crippen LogP contribution in [0.15, 0.2) is 6.33 Å². The van der Waals surface area contributed by atoms with Gasteiger partial charge in [-0.15, -0.1) is 0 Å². The average molecular weight is 166 g/mol. The molecule has 1 aromatic heterocycles.